The molecule has 98 valence electrons. The Morgan fingerprint density at radius 1 is 1.39 bits per heavy atom. The van der Waals surface area contributed by atoms with Crippen LogP contribution in [0.15, 0.2) is 18.5 Å². The van der Waals surface area contributed by atoms with E-state index in [-0.39, 0.29) is 0 Å². The van der Waals surface area contributed by atoms with E-state index in [0.717, 1.165) is 19.0 Å². The molecule has 2 aromatic heterocycles. The summed E-state index contributed by atoms with van der Waals surface area (Å²) in [5, 5.41) is 3.42. The third-order valence-corrected chi connectivity index (χ3v) is 4.26. The second kappa shape index (κ2) is 6.05. The Labute approximate surface area is 113 Å². The molecule has 4 heteroatoms. The zero-order chi connectivity index (χ0) is 13.0. The van der Waals surface area contributed by atoms with Gasteiger partial charge < -0.3 is 9.88 Å². The van der Waals surface area contributed by atoms with E-state index in [1.165, 1.54) is 28.2 Å². The number of hydrogen-bond donors (Lipinski definition) is 1. The predicted molar refractivity (Wildman–Crippen MR) is 78.3 cm³/mol. The normalized spacial score (nSPS) is 10.8. The summed E-state index contributed by atoms with van der Waals surface area (Å²) in [7, 11) is 0. The highest BCUT2D eigenvalue weighted by Crippen LogP contribution is 2.21. The lowest BCUT2D eigenvalue weighted by Crippen LogP contribution is -2.06. The second-order valence-corrected chi connectivity index (χ2v) is 5.94. The van der Waals surface area contributed by atoms with Crippen LogP contribution in [-0.2, 0) is 13.1 Å². The van der Waals surface area contributed by atoms with Crippen molar-refractivity contribution < 1.29 is 0 Å². The molecule has 0 bridgehead atoms. The molecular formula is C14H21N3S. The lowest BCUT2D eigenvalue weighted by atomic mass is 10.3. The van der Waals surface area contributed by atoms with Gasteiger partial charge in [0.1, 0.15) is 0 Å². The number of nitrogens with zero attached hydrogens (tertiary/aromatic N) is 2. The topological polar surface area (TPSA) is 29.9 Å². The van der Waals surface area contributed by atoms with Gasteiger partial charge in [-0.3, -0.25) is 0 Å². The summed E-state index contributed by atoms with van der Waals surface area (Å²) in [5.41, 5.74) is 1.38. The van der Waals surface area contributed by atoms with E-state index < -0.39 is 0 Å². The van der Waals surface area contributed by atoms with Crippen molar-refractivity contribution >= 4 is 17.3 Å². The summed E-state index contributed by atoms with van der Waals surface area (Å²) in [5.74, 6) is 0.979. The van der Waals surface area contributed by atoms with Crippen LogP contribution in [0.1, 0.15) is 35.1 Å². The van der Waals surface area contributed by atoms with Gasteiger partial charge in [-0.25, -0.2) is 4.98 Å². The van der Waals surface area contributed by atoms with Crippen LogP contribution in [0.5, 0.6) is 0 Å². The van der Waals surface area contributed by atoms with Crippen molar-refractivity contribution in [2.75, 3.05) is 5.32 Å². The first kappa shape index (κ1) is 13.1. The average molecular weight is 263 g/mol. The average Bonchev–Trinajstić information content (AvgIpc) is 2.92. The van der Waals surface area contributed by atoms with Crippen molar-refractivity contribution in [2.45, 2.75) is 46.7 Å². The van der Waals surface area contributed by atoms with Crippen LogP contribution < -0.4 is 5.32 Å². The monoisotopic (exact) mass is 263 g/mol. The van der Waals surface area contributed by atoms with Crippen molar-refractivity contribution in [3.8, 4) is 0 Å². The number of unbranched alkanes of at least 4 members (excludes halogenated alkanes) is 1. The number of nitrogens with one attached hydrogen (secondary N) is 1. The van der Waals surface area contributed by atoms with Gasteiger partial charge in [0.05, 0.1) is 6.54 Å². The van der Waals surface area contributed by atoms with Crippen molar-refractivity contribution in [3.05, 3.63) is 33.8 Å². The maximum Gasteiger partial charge on any atom is 0.203 e. The summed E-state index contributed by atoms with van der Waals surface area (Å²) in [4.78, 5) is 7.14. The lowest BCUT2D eigenvalue weighted by Gasteiger charge is -2.08. The third kappa shape index (κ3) is 3.13. The van der Waals surface area contributed by atoms with Crippen LogP contribution in [0.25, 0.3) is 0 Å². The van der Waals surface area contributed by atoms with Gasteiger partial charge in [0.25, 0.3) is 0 Å². The smallest absolute Gasteiger partial charge is 0.203 e. The van der Waals surface area contributed by atoms with Gasteiger partial charge in [0.2, 0.25) is 5.95 Å². The van der Waals surface area contributed by atoms with E-state index in [1.807, 2.05) is 23.7 Å². The predicted octanol–water partition coefficient (Wildman–Crippen LogP) is 3.97. The molecule has 0 saturated carbocycles. The number of aromatic nitrogens is 2. The fourth-order valence-electron chi connectivity index (χ4n) is 1.89. The molecule has 2 heterocycles. The van der Waals surface area contributed by atoms with Crippen LogP contribution in [0.4, 0.5) is 5.95 Å². The molecule has 2 rings (SSSR count). The van der Waals surface area contributed by atoms with Crippen molar-refractivity contribution in [3.63, 3.8) is 0 Å². The van der Waals surface area contributed by atoms with E-state index in [2.05, 4.69) is 41.7 Å². The van der Waals surface area contributed by atoms with Gasteiger partial charge in [-0.15, -0.1) is 11.3 Å². The van der Waals surface area contributed by atoms with Crippen molar-refractivity contribution in [1.82, 2.24) is 9.55 Å². The Morgan fingerprint density at radius 2 is 2.22 bits per heavy atom. The molecule has 0 saturated heterocycles. The van der Waals surface area contributed by atoms with Gasteiger partial charge in [-0.1, -0.05) is 13.3 Å². The van der Waals surface area contributed by atoms with E-state index in [9.17, 15) is 0 Å². The molecule has 0 amide bonds. The van der Waals surface area contributed by atoms with E-state index in [4.69, 9.17) is 0 Å². The molecule has 1 N–H and O–H groups in total. The molecule has 0 fully saturated rings. The van der Waals surface area contributed by atoms with Gasteiger partial charge in [0.15, 0.2) is 0 Å². The molecule has 18 heavy (non-hydrogen) atoms. The highest BCUT2D eigenvalue weighted by atomic mass is 32.1. The quantitative estimate of drug-likeness (QED) is 0.854. The molecule has 2 aromatic rings. The Balaban J connectivity index is 1.95. The molecule has 0 spiro atoms. The van der Waals surface area contributed by atoms with E-state index >= 15 is 0 Å². The molecule has 0 aliphatic carbocycles. The minimum atomic E-state index is 0.864. The Hall–Kier alpha value is -1.29. The molecule has 3 nitrogen and oxygen atoms in total. The Bertz CT molecular complexity index is 479. The number of rotatable bonds is 6. The van der Waals surface area contributed by atoms with Crippen LogP contribution in [0, 0.1) is 13.8 Å². The maximum absolute atomic E-state index is 4.37. The fourth-order valence-corrected chi connectivity index (χ4v) is 2.88. The molecule has 0 aliphatic rings. The Morgan fingerprint density at radius 3 is 2.89 bits per heavy atom. The van der Waals surface area contributed by atoms with Crippen LogP contribution in [0.3, 0.4) is 0 Å². The van der Waals surface area contributed by atoms with Gasteiger partial charge >= 0.3 is 0 Å². The molecule has 0 unspecified atom stereocenters. The Kier molecular flexibility index (Phi) is 4.42. The summed E-state index contributed by atoms with van der Waals surface area (Å²) >= 11 is 1.86. The standard InChI is InChI=1S/C14H21N3S/c1-4-5-7-17-8-6-15-14(17)16-10-13-9-11(2)12(3)18-13/h6,8-9H,4-5,7,10H2,1-3H3,(H,15,16). The van der Waals surface area contributed by atoms with Gasteiger partial charge in [-0.2, -0.15) is 0 Å². The number of imidazole rings is 1. The minimum Gasteiger partial charge on any atom is -0.351 e. The largest absolute Gasteiger partial charge is 0.351 e. The van der Waals surface area contributed by atoms with Gasteiger partial charge in [0, 0.05) is 28.7 Å². The second-order valence-electron chi connectivity index (χ2n) is 4.60. The van der Waals surface area contributed by atoms with Crippen LogP contribution in [0.2, 0.25) is 0 Å². The molecular weight excluding hydrogens is 242 g/mol. The molecule has 0 aliphatic heterocycles. The van der Waals surface area contributed by atoms with Gasteiger partial charge in [-0.05, 0) is 31.9 Å². The molecule has 0 radical (unpaired) electrons. The highest BCUT2D eigenvalue weighted by molar-refractivity contribution is 7.12. The van der Waals surface area contributed by atoms with E-state index in [0.29, 0.717) is 0 Å². The summed E-state index contributed by atoms with van der Waals surface area (Å²) < 4.78 is 2.19. The first-order chi connectivity index (χ1) is 8.70. The summed E-state index contributed by atoms with van der Waals surface area (Å²) in [6, 6.07) is 2.26. The third-order valence-electron chi connectivity index (χ3n) is 3.11. The van der Waals surface area contributed by atoms with Crippen LogP contribution >= 0.6 is 11.3 Å². The molecule has 0 aromatic carbocycles. The zero-order valence-electron chi connectivity index (χ0n) is 11.4. The fraction of sp³-hybridized carbons (Fsp3) is 0.500. The van der Waals surface area contributed by atoms with Crippen molar-refractivity contribution in [1.29, 1.82) is 0 Å². The highest BCUT2D eigenvalue weighted by Gasteiger charge is 2.04. The first-order valence-electron chi connectivity index (χ1n) is 6.51. The summed E-state index contributed by atoms with van der Waals surface area (Å²) in [6.45, 7) is 8.45. The van der Waals surface area contributed by atoms with Crippen LogP contribution in [-0.4, -0.2) is 9.55 Å². The van der Waals surface area contributed by atoms with E-state index in [1.54, 1.807) is 0 Å². The number of thiophene rings is 1. The summed E-state index contributed by atoms with van der Waals surface area (Å²) in [6.07, 6.45) is 6.31. The SMILES string of the molecule is CCCCn1ccnc1NCc1cc(C)c(C)s1. The maximum atomic E-state index is 4.37. The molecule has 0 atom stereocenters. The van der Waals surface area contributed by atoms with Crippen molar-refractivity contribution in [2.24, 2.45) is 0 Å². The minimum absolute atomic E-state index is 0.864. The lowest BCUT2D eigenvalue weighted by molar-refractivity contribution is 0.635. The zero-order valence-corrected chi connectivity index (χ0v) is 12.2. The number of hydrogen-bond acceptors (Lipinski definition) is 3. The number of anilines is 1. The number of aryl methyl sites for hydroxylation is 3. The first-order valence-corrected chi connectivity index (χ1v) is 7.33.